The van der Waals surface area contributed by atoms with Crippen LogP contribution in [0.1, 0.15) is 26.3 Å². The van der Waals surface area contributed by atoms with Gasteiger partial charge in [0.05, 0.1) is 22.7 Å². The number of fused-ring (bicyclic) bond motifs is 10. The summed E-state index contributed by atoms with van der Waals surface area (Å²) in [5, 5.41) is 2.20. The third-order valence-electron chi connectivity index (χ3n) is 13.6. The number of ether oxygens (including phenoxy) is 1. The van der Waals surface area contributed by atoms with Gasteiger partial charge in [0.2, 0.25) is 5.96 Å². The molecular weight excluding hydrogens is 1050 g/mol. The maximum absolute atomic E-state index is 6.78. The van der Waals surface area contributed by atoms with E-state index in [1.807, 2.05) is 24.4 Å². The first-order chi connectivity index (χ1) is 34.4. The minimum absolute atomic E-state index is 0. The van der Waals surface area contributed by atoms with E-state index in [1.54, 1.807) is 0 Å². The third-order valence-corrected chi connectivity index (χ3v) is 13.6. The van der Waals surface area contributed by atoms with Crippen molar-refractivity contribution in [3.63, 3.8) is 0 Å². The van der Waals surface area contributed by atoms with Crippen molar-refractivity contribution < 1.29 is 25.8 Å². The fourth-order valence-corrected chi connectivity index (χ4v) is 10.3. The maximum atomic E-state index is 6.78. The third kappa shape index (κ3) is 7.46. The van der Waals surface area contributed by atoms with E-state index in [-0.39, 0.29) is 26.5 Å². The average Bonchev–Trinajstić information content (AvgIpc) is 3.85. The standard InChI is InChI=1S/C64H45N5O.Pt/c1-64(2,3)44-37-38-65-60(39-44)68-55-31-12-10-25-50(55)52-36-35-47(41-59(52)68)70-46-24-16-23-45(40-46)67-57-33-14-15-34-58(57)69-56-32-13-11-26-51(56)53-29-18-30-54(62(53)66-63(67)69)61-48(42-19-6-4-7-20-42)27-17-28-49(61)43-21-8-5-9-22-43;/h4-39H,1-3H3;/q-2;+2. The molecule has 2 aliphatic rings. The van der Waals surface area contributed by atoms with E-state index in [9.17, 15) is 0 Å². The molecule has 0 radical (unpaired) electrons. The molecule has 0 unspecified atom stereocenters. The Labute approximate surface area is 428 Å². The fourth-order valence-electron chi connectivity index (χ4n) is 10.3. The molecule has 4 heterocycles. The van der Waals surface area contributed by atoms with Crippen LogP contribution in [0.25, 0.3) is 72.1 Å². The second-order valence-electron chi connectivity index (χ2n) is 18.8. The smallest absolute Gasteiger partial charge is 0.509 e. The summed E-state index contributed by atoms with van der Waals surface area (Å²) in [4.78, 5) is 15.2. The SMILES string of the molecule is CC(C)(C)c1ccnc(-n2c3[c-]c(Oc4[c-]c(N5C6=Nc7c(cccc7-c7c(-c8ccccc8)cccc7-c7ccccc7)-c7ccccc7N6c6ccccc65)ccc4)ccc3c3ccccc32)c1.[Pt+2]. The van der Waals surface area contributed by atoms with Crippen LogP contribution in [0, 0.1) is 12.1 Å². The minimum Gasteiger partial charge on any atom is -0.509 e. The number of aromatic nitrogens is 2. The largest absolute Gasteiger partial charge is 2.00 e. The molecule has 0 fully saturated rings. The topological polar surface area (TPSA) is 45.9 Å². The Kier molecular flexibility index (Phi) is 10.9. The summed E-state index contributed by atoms with van der Waals surface area (Å²) in [6.07, 6.45) is 1.90. The second-order valence-corrected chi connectivity index (χ2v) is 18.8. The van der Waals surface area contributed by atoms with Crippen molar-refractivity contribution >= 4 is 56.2 Å². The molecule has 71 heavy (non-hydrogen) atoms. The number of guanidine groups is 1. The molecular formula is C64H45N5OPt. The molecule has 2 aromatic heterocycles. The summed E-state index contributed by atoms with van der Waals surface area (Å²) < 4.78 is 8.97. The van der Waals surface area contributed by atoms with Crippen LogP contribution in [-0.4, -0.2) is 15.5 Å². The van der Waals surface area contributed by atoms with Gasteiger partial charge in [-0.05, 0) is 80.6 Å². The zero-order valence-corrected chi connectivity index (χ0v) is 41.5. The van der Waals surface area contributed by atoms with Gasteiger partial charge in [-0.2, -0.15) is 12.1 Å². The molecule has 11 aromatic rings. The number of aliphatic imine (C=N–C) groups is 1. The van der Waals surface area contributed by atoms with Gasteiger partial charge in [0.15, 0.2) is 0 Å². The molecule has 2 aliphatic heterocycles. The van der Waals surface area contributed by atoms with Crippen LogP contribution in [0.3, 0.4) is 0 Å². The summed E-state index contributed by atoms with van der Waals surface area (Å²) >= 11 is 0. The van der Waals surface area contributed by atoms with Crippen LogP contribution in [0.4, 0.5) is 28.4 Å². The molecule has 6 nitrogen and oxygen atoms in total. The van der Waals surface area contributed by atoms with Gasteiger partial charge in [-0.1, -0.05) is 178 Å². The van der Waals surface area contributed by atoms with E-state index in [2.05, 4.69) is 241 Å². The van der Waals surface area contributed by atoms with Gasteiger partial charge in [0.1, 0.15) is 5.82 Å². The zero-order valence-electron chi connectivity index (χ0n) is 39.2. The van der Waals surface area contributed by atoms with Gasteiger partial charge in [0.25, 0.3) is 0 Å². The summed E-state index contributed by atoms with van der Waals surface area (Å²) in [7, 11) is 0. The van der Waals surface area contributed by atoms with Crippen LogP contribution in [0.15, 0.2) is 224 Å². The van der Waals surface area contributed by atoms with E-state index in [0.717, 1.165) is 107 Å². The summed E-state index contributed by atoms with van der Waals surface area (Å²) in [5.74, 6) is 2.72. The van der Waals surface area contributed by atoms with E-state index >= 15 is 0 Å². The molecule has 0 saturated heterocycles. The second kappa shape index (κ2) is 17.6. The van der Waals surface area contributed by atoms with Gasteiger partial charge >= 0.3 is 21.1 Å². The number of pyridine rings is 1. The molecule has 342 valence electrons. The van der Waals surface area contributed by atoms with Crippen LogP contribution in [0.5, 0.6) is 11.5 Å². The molecule has 0 aliphatic carbocycles. The molecule has 0 spiro atoms. The summed E-state index contributed by atoms with van der Waals surface area (Å²) in [6, 6.07) is 82.0. The Balaban J connectivity index is 0.00000517. The number of nitrogens with zero attached hydrogens (tertiary/aromatic N) is 5. The molecule has 13 rings (SSSR count). The van der Waals surface area contributed by atoms with Crippen LogP contribution < -0.4 is 14.5 Å². The van der Waals surface area contributed by atoms with E-state index in [1.165, 1.54) is 5.56 Å². The summed E-state index contributed by atoms with van der Waals surface area (Å²) in [6.45, 7) is 6.68. The van der Waals surface area contributed by atoms with Crippen molar-refractivity contribution in [3.05, 3.63) is 236 Å². The normalized spacial score (nSPS) is 12.6. The minimum atomic E-state index is -0.0424. The average molecular weight is 1100 g/mol. The first-order valence-electron chi connectivity index (χ1n) is 23.7. The molecule has 0 atom stereocenters. The number of benzene rings is 9. The summed E-state index contributed by atoms with van der Waals surface area (Å²) in [5.41, 5.74) is 16.7. The predicted molar refractivity (Wildman–Crippen MR) is 287 cm³/mol. The van der Waals surface area contributed by atoms with Gasteiger partial charge in [-0.3, -0.25) is 4.90 Å². The number of rotatable bonds is 7. The Morgan fingerprint density at radius 2 is 1.07 bits per heavy atom. The van der Waals surface area contributed by atoms with Crippen molar-refractivity contribution in [1.29, 1.82) is 0 Å². The van der Waals surface area contributed by atoms with E-state index in [4.69, 9.17) is 14.7 Å². The fraction of sp³-hybridized carbons (Fsp3) is 0.0625. The van der Waals surface area contributed by atoms with Gasteiger partial charge in [-0.15, -0.1) is 35.7 Å². The van der Waals surface area contributed by atoms with E-state index in [0.29, 0.717) is 11.5 Å². The van der Waals surface area contributed by atoms with Crippen LogP contribution in [0.2, 0.25) is 0 Å². The molecule has 0 N–H and O–H groups in total. The van der Waals surface area contributed by atoms with Crippen molar-refractivity contribution in [2.45, 2.75) is 26.2 Å². The van der Waals surface area contributed by atoms with Gasteiger partial charge < -0.3 is 14.2 Å². The number of hydrogen-bond acceptors (Lipinski definition) is 5. The van der Waals surface area contributed by atoms with Gasteiger partial charge in [-0.25, -0.2) is 9.98 Å². The number of anilines is 4. The molecule has 9 aromatic carbocycles. The van der Waals surface area contributed by atoms with Crippen molar-refractivity contribution in [2.24, 2.45) is 4.99 Å². The molecule has 0 amide bonds. The number of hydrogen-bond donors (Lipinski definition) is 0. The van der Waals surface area contributed by atoms with Crippen molar-refractivity contribution in [2.75, 3.05) is 9.80 Å². The Hall–Kier alpha value is -8.31. The molecule has 0 saturated carbocycles. The predicted octanol–water partition coefficient (Wildman–Crippen LogP) is 16.8. The Morgan fingerprint density at radius 3 is 1.80 bits per heavy atom. The Bertz CT molecular complexity index is 3820. The number of para-hydroxylation sites is 5. The van der Waals surface area contributed by atoms with Gasteiger partial charge in [0, 0.05) is 39.9 Å². The van der Waals surface area contributed by atoms with E-state index < -0.39 is 0 Å². The van der Waals surface area contributed by atoms with Crippen LogP contribution >= 0.6 is 0 Å². The monoisotopic (exact) mass is 1090 g/mol. The first kappa shape index (κ1) is 43.9. The van der Waals surface area contributed by atoms with Crippen molar-refractivity contribution in [3.8, 4) is 61.8 Å². The quantitative estimate of drug-likeness (QED) is 0.149. The molecule has 7 heteroatoms. The van der Waals surface area contributed by atoms with Crippen molar-refractivity contribution in [1.82, 2.24) is 9.55 Å². The van der Waals surface area contributed by atoms with Crippen LogP contribution in [-0.2, 0) is 26.5 Å². The maximum Gasteiger partial charge on any atom is 2.00 e. The zero-order chi connectivity index (χ0) is 46.9. The first-order valence-corrected chi connectivity index (χ1v) is 23.7. The Morgan fingerprint density at radius 1 is 0.479 bits per heavy atom. The molecule has 0 bridgehead atoms.